The van der Waals surface area contributed by atoms with Gasteiger partial charge < -0.3 is 33.9 Å². The fourth-order valence-electron chi connectivity index (χ4n) is 6.15. The predicted octanol–water partition coefficient (Wildman–Crippen LogP) is 2.78. The molecular weight excluding hydrogens is 576 g/mol. The molecule has 0 aromatic rings. The molecule has 244 valence electrons. The van der Waals surface area contributed by atoms with Crippen LogP contribution >= 0.6 is 0 Å². The lowest BCUT2D eigenvalue weighted by molar-refractivity contribution is -0.213. The zero-order chi connectivity index (χ0) is 33.5. The minimum absolute atomic E-state index is 0.108. The summed E-state index contributed by atoms with van der Waals surface area (Å²) >= 11 is 0. The summed E-state index contributed by atoms with van der Waals surface area (Å²) in [6.45, 7) is 15.0. The van der Waals surface area contributed by atoms with E-state index in [1.165, 1.54) is 32.9 Å². The van der Waals surface area contributed by atoms with Crippen LogP contribution in [0.25, 0.3) is 0 Å². The molecule has 0 unspecified atom stereocenters. The lowest BCUT2D eigenvalue weighted by Crippen LogP contribution is -2.64. The fourth-order valence-corrected chi connectivity index (χ4v) is 6.15. The number of ether oxygens (including phenoxy) is 5. The molecule has 0 spiro atoms. The van der Waals surface area contributed by atoms with Gasteiger partial charge in [0, 0.05) is 24.5 Å². The molecule has 0 amide bonds. The van der Waals surface area contributed by atoms with E-state index >= 15 is 0 Å². The van der Waals surface area contributed by atoms with Crippen molar-refractivity contribution in [3.63, 3.8) is 0 Å². The first-order valence-corrected chi connectivity index (χ1v) is 14.8. The van der Waals surface area contributed by atoms with E-state index in [0.29, 0.717) is 6.42 Å². The molecule has 1 saturated heterocycles. The van der Waals surface area contributed by atoms with E-state index in [4.69, 9.17) is 23.7 Å². The Balaban J connectivity index is 2.37. The number of fused-ring (bicyclic) bond motifs is 3. The number of hydrogen-bond acceptors (Lipinski definition) is 12. The van der Waals surface area contributed by atoms with Crippen molar-refractivity contribution in [1.29, 1.82) is 0 Å². The normalized spacial score (nSPS) is 36.0. The van der Waals surface area contributed by atoms with Crippen molar-refractivity contribution in [1.82, 2.24) is 0 Å². The van der Waals surface area contributed by atoms with E-state index in [-0.39, 0.29) is 22.3 Å². The number of esters is 5. The summed E-state index contributed by atoms with van der Waals surface area (Å²) in [5.41, 5.74) is -6.05. The average Bonchev–Trinajstić information content (AvgIpc) is 3.29. The highest BCUT2D eigenvalue weighted by molar-refractivity contribution is 5.89. The van der Waals surface area contributed by atoms with E-state index in [0.717, 1.165) is 13.8 Å². The second kappa shape index (κ2) is 12.5. The summed E-state index contributed by atoms with van der Waals surface area (Å²) in [4.78, 5) is 65.1. The molecule has 1 saturated carbocycles. The minimum atomic E-state index is -2.60. The Labute approximate surface area is 257 Å². The molecule has 0 aromatic carbocycles. The van der Waals surface area contributed by atoms with Gasteiger partial charge in [0.05, 0.1) is 11.8 Å². The van der Waals surface area contributed by atoms with Crippen molar-refractivity contribution in [2.24, 2.45) is 11.8 Å². The number of allylic oxidation sites excluding steroid dienone is 2. The fraction of sp³-hybridized carbons (Fsp3) is 0.656. The summed E-state index contributed by atoms with van der Waals surface area (Å²) in [5.74, 6) is -5.93. The largest absolute Gasteiger partial charge is 0.459 e. The third kappa shape index (κ3) is 5.69. The molecule has 1 heterocycles. The summed E-state index contributed by atoms with van der Waals surface area (Å²) in [7, 11) is 0. The van der Waals surface area contributed by atoms with Crippen molar-refractivity contribution in [2.45, 2.75) is 123 Å². The van der Waals surface area contributed by atoms with Crippen molar-refractivity contribution in [3.8, 4) is 0 Å². The van der Waals surface area contributed by atoms with Gasteiger partial charge in [0.1, 0.15) is 11.7 Å². The molecule has 0 radical (unpaired) electrons. The predicted molar refractivity (Wildman–Crippen MR) is 154 cm³/mol. The van der Waals surface area contributed by atoms with Crippen LogP contribution in [0.5, 0.6) is 0 Å². The van der Waals surface area contributed by atoms with Gasteiger partial charge in [0.2, 0.25) is 0 Å². The van der Waals surface area contributed by atoms with Crippen LogP contribution in [0, 0.1) is 11.8 Å². The molecular formula is C32H44O12. The summed E-state index contributed by atoms with van der Waals surface area (Å²) in [6, 6.07) is 0. The first kappa shape index (κ1) is 35.0. The molecule has 12 nitrogen and oxygen atoms in total. The molecule has 12 heteroatoms. The summed E-state index contributed by atoms with van der Waals surface area (Å²) < 4.78 is 29.2. The molecule has 0 bridgehead atoms. The molecule has 9 atom stereocenters. The van der Waals surface area contributed by atoms with Gasteiger partial charge in [-0.05, 0) is 66.0 Å². The Bertz CT molecular complexity index is 1320. The lowest BCUT2D eigenvalue weighted by Gasteiger charge is -2.42. The number of hydrogen-bond donors (Lipinski definition) is 2. The van der Waals surface area contributed by atoms with Crippen LogP contribution in [0.2, 0.25) is 0 Å². The van der Waals surface area contributed by atoms with Crippen LogP contribution < -0.4 is 0 Å². The highest BCUT2D eigenvalue weighted by atomic mass is 16.6. The van der Waals surface area contributed by atoms with Crippen molar-refractivity contribution < 1.29 is 57.9 Å². The maximum Gasteiger partial charge on any atom is 0.341 e. The van der Waals surface area contributed by atoms with Gasteiger partial charge in [0.15, 0.2) is 29.5 Å². The molecule has 2 N–H and O–H groups in total. The molecule has 3 rings (SSSR count). The van der Waals surface area contributed by atoms with Gasteiger partial charge in [-0.1, -0.05) is 26.0 Å². The van der Waals surface area contributed by atoms with Gasteiger partial charge in [-0.25, -0.2) is 14.4 Å². The van der Waals surface area contributed by atoms with Crippen LogP contribution in [0.1, 0.15) is 82.1 Å². The second-order valence-electron chi connectivity index (χ2n) is 12.3. The van der Waals surface area contributed by atoms with E-state index in [2.05, 4.69) is 0 Å². The highest BCUT2D eigenvalue weighted by Gasteiger charge is 2.76. The number of rotatable bonds is 8. The summed E-state index contributed by atoms with van der Waals surface area (Å²) in [5, 5.41) is 23.9. The topological polar surface area (TPSA) is 172 Å². The Morgan fingerprint density at radius 1 is 1.00 bits per heavy atom. The smallest absolute Gasteiger partial charge is 0.341 e. The molecule has 3 aliphatic rings. The zero-order valence-electron chi connectivity index (χ0n) is 27.0. The van der Waals surface area contributed by atoms with Crippen LogP contribution in [0.15, 0.2) is 34.4 Å². The maximum atomic E-state index is 13.2. The molecule has 2 fully saturated rings. The summed E-state index contributed by atoms with van der Waals surface area (Å²) in [6.07, 6.45) is -2.90. The Kier molecular flexibility index (Phi) is 9.91. The van der Waals surface area contributed by atoms with Gasteiger partial charge in [0.25, 0.3) is 0 Å². The first-order valence-electron chi connectivity index (χ1n) is 14.8. The van der Waals surface area contributed by atoms with Crippen LogP contribution in [-0.4, -0.2) is 81.3 Å². The van der Waals surface area contributed by atoms with Gasteiger partial charge in [-0.3, -0.25) is 9.59 Å². The Hall–Kier alpha value is -3.51. The van der Waals surface area contributed by atoms with Gasteiger partial charge >= 0.3 is 29.8 Å². The minimum Gasteiger partial charge on any atom is -0.459 e. The van der Waals surface area contributed by atoms with E-state index in [9.17, 15) is 34.2 Å². The second-order valence-corrected chi connectivity index (χ2v) is 12.3. The van der Waals surface area contributed by atoms with Gasteiger partial charge in [-0.15, -0.1) is 0 Å². The number of aliphatic hydroxyl groups is 2. The average molecular weight is 621 g/mol. The maximum absolute atomic E-state index is 13.2. The molecule has 2 aliphatic carbocycles. The third-order valence-electron chi connectivity index (χ3n) is 9.31. The molecule has 1 aliphatic heterocycles. The standard InChI is InChI=1S/C32H44O12/c1-11-15(4)26(34)40-20-14-30(9,44-19(8)33)22-21(25-32(20,39)31(10,38)29(37)43-25)18(7)23(41-27(35)16(5)12-2)24(22)42-28(36)17(6)13-3/h12-13,15,20,22-25,38-39H,11,14H2,1-10H3/b16-12-,17-13-/t15-,20-,22+,23-,24-,25-,30-,31+,32+/m0/s1. The Morgan fingerprint density at radius 2 is 1.55 bits per heavy atom. The van der Waals surface area contributed by atoms with Crippen LogP contribution in [0.3, 0.4) is 0 Å². The molecule has 44 heavy (non-hydrogen) atoms. The lowest BCUT2D eigenvalue weighted by atomic mass is 9.75. The van der Waals surface area contributed by atoms with Crippen molar-refractivity contribution >= 4 is 29.8 Å². The quantitative estimate of drug-likeness (QED) is 0.176. The van der Waals surface area contributed by atoms with E-state index in [1.54, 1.807) is 34.6 Å². The third-order valence-corrected chi connectivity index (χ3v) is 9.31. The SMILES string of the molecule is C/C=C(/C)C(=O)O[C@H]1[C@H]2C(=C(C)[C@@H]1OC(=O)/C(C)=C\C)[C@@H]1OC(=O)[C@@](C)(O)[C@@]1(O)[C@@H](OC(=O)[C@@H](C)CC)C[C@]2(C)OC(C)=O. The highest BCUT2D eigenvalue weighted by Crippen LogP contribution is 2.57. The monoisotopic (exact) mass is 620 g/mol. The zero-order valence-corrected chi connectivity index (χ0v) is 27.0. The molecule has 0 aromatic heterocycles. The van der Waals surface area contributed by atoms with Crippen molar-refractivity contribution in [3.05, 3.63) is 34.4 Å². The Morgan fingerprint density at radius 3 is 2.05 bits per heavy atom. The van der Waals surface area contributed by atoms with Gasteiger partial charge in [-0.2, -0.15) is 0 Å². The van der Waals surface area contributed by atoms with E-state index in [1.807, 2.05) is 0 Å². The number of carbonyl (C=O) groups excluding carboxylic acids is 5. The first-order chi connectivity index (χ1) is 20.3. The van der Waals surface area contributed by atoms with Crippen LogP contribution in [0.4, 0.5) is 0 Å². The number of carbonyl (C=O) groups is 5. The van der Waals surface area contributed by atoms with E-state index < -0.39 is 89.3 Å². The van der Waals surface area contributed by atoms with Crippen LogP contribution in [-0.2, 0) is 47.7 Å². The van der Waals surface area contributed by atoms with Crippen molar-refractivity contribution in [2.75, 3.05) is 0 Å².